The maximum atomic E-state index is 12.6. The average molecular weight is 423 g/mol. The fourth-order valence-corrected chi connectivity index (χ4v) is 2.54. The summed E-state index contributed by atoms with van der Waals surface area (Å²) in [6, 6.07) is 9.42. The number of anilines is 1. The highest BCUT2D eigenvalue weighted by Gasteiger charge is 2.29. The summed E-state index contributed by atoms with van der Waals surface area (Å²) in [4.78, 5) is 16.2. The first-order valence-corrected chi connectivity index (χ1v) is 8.66. The molecule has 1 aromatic carbocycles. The van der Waals surface area contributed by atoms with E-state index in [2.05, 4.69) is 20.5 Å². The number of halogens is 4. The quantitative estimate of drug-likeness (QED) is 0.645. The second-order valence-electron chi connectivity index (χ2n) is 6.01. The first kappa shape index (κ1) is 20.5. The summed E-state index contributed by atoms with van der Waals surface area (Å²) in [6.07, 6.45) is -1.90. The van der Waals surface area contributed by atoms with Crippen LogP contribution in [-0.4, -0.2) is 33.9 Å². The molecule has 1 amide bonds. The van der Waals surface area contributed by atoms with Gasteiger partial charge in [-0.3, -0.25) is 4.79 Å². The topological polar surface area (TPSA) is 77.0 Å². The normalized spacial score (nSPS) is 11.2. The molecule has 3 rings (SSSR count). The molecule has 150 valence electrons. The van der Waals surface area contributed by atoms with Gasteiger partial charge in [0.25, 0.3) is 5.91 Å². The zero-order valence-electron chi connectivity index (χ0n) is 15.0. The molecule has 2 heterocycles. The van der Waals surface area contributed by atoms with E-state index in [0.717, 1.165) is 5.56 Å². The van der Waals surface area contributed by atoms with Crippen LogP contribution in [-0.2, 0) is 0 Å². The van der Waals surface area contributed by atoms with Gasteiger partial charge in [-0.15, -0.1) is 5.10 Å². The van der Waals surface area contributed by atoms with Crippen molar-refractivity contribution in [1.82, 2.24) is 15.2 Å². The Kier molecular flexibility index (Phi) is 5.97. The van der Waals surface area contributed by atoms with Gasteiger partial charge in [0.15, 0.2) is 12.3 Å². The number of amides is 1. The van der Waals surface area contributed by atoms with Crippen molar-refractivity contribution in [3.63, 3.8) is 0 Å². The highest BCUT2D eigenvalue weighted by molar-refractivity contribution is 6.31. The molecule has 0 saturated carbocycles. The number of aryl methyl sites for hydroxylation is 1. The smallest absolute Gasteiger partial charge is 0.422 e. The Morgan fingerprint density at radius 3 is 2.69 bits per heavy atom. The number of aromatic nitrogens is 3. The molecular formula is C19H14ClF3N4O2. The van der Waals surface area contributed by atoms with Gasteiger partial charge >= 0.3 is 6.18 Å². The minimum atomic E-state index is -4.52. The van der Waals surface area contributed by atoms with Crippen molar-refractivity contribution in [2.45, 2.75) is 13.1 Å². The lowest BCUT2D eigenvalue weighted by Crippen LogP contribution is -2.20. The summed E-state index contributed by atoms with van der Waals surface area (Å²) in [6.45, 7) is 0.264. The van der Waals surface area contributed by atoms with Crippen molar-refractivity contribution < 1.29 is 22.7 Å². The summed E-state index contributed by atoms with van der Waals surface area (Å²) in [5.41, 5.74) is 1.86. The lowest BCUT2D eigenvalue weighted by atomic mass is 10.0. The Balaban J connectivity index is 1.95. The molecule has 0 unspecified atom stereocenters. The third-order valence-corrected chi connectivity index (χ3v) is 4.18. The largest absolute Gasteiger partial charge is 0.468 e. The number of nitrogens with zero attached hydrogens (tertiary/aromatic N) is 3. The molecule has 3 aromatic rings. The lowest BCUT2D eigenvalue weighted by Gasteiger charge is -2.14. The van der Waals surface area contributed by atoms with Crippen LogP contribution < -0.4 is 10.1 Å². The van der Waals surface area contributed by atoms with E-state index in [-0.39, 0.29) is 22.8 Å². The Labute approximate surface area is 168 Å². The maximum absolute atomic E-state index is 12.6. The van der Waals surface area contributed by atoms with Crippen LogP contribution in [0, 0.1) is 6.92 Å². The van der Waals surface area contributed by atoms with Crippen LogP contribution in [0.1, 0.15) is 16.1 Å². The van der Waals surface area contributed by atoms with Gasteiger partial charge in [-0.25, -0.2) is 4.98 Å². The highest BCUT2D eigenvalue weighted by Crippen LogP contribution is 2.33. The van der Waals surface area contributed by atoms with Crippen LogP contribution in [0.2, 0.25) is 5.02 Å². The molecule has 1 N–H and O–H groups in total. The van der Waals surface area contributed by atoms with Crippen LogP contribution in [0.4, 0.5) is 18.9 Å². The summed E-state index contributed by atoms with van der Waals surface area (Å²) in [5, 5.41) is 10.4. The first-order valence-electron chi connectivity index (χ1n) is 8.28. The average Bonchev–Trinajstić information content (AvgIpc) is 2.69. The Hall–Kier alpha value is -3.20. The summed E-state index contributed by atoms with van der Waals surface area (Å²) >= 11 is 6.03. The van der Waals surface area contributed by atoms with Gasteiger partial charge < -0.3 is 10.1 Å². The van der Waals surface area contributed by atoms with Gasteiger partial charge in [0, 0.05) is 16.8 Å². The maximum Gasteiger partial charge on any atom is 0.422 e. The van der Waals surface area contributed by atoms with E-state index in [0.29, 0.717) is 10.6 Å². The van der Waals surface area contributed by atoms with Gasteiger partial charge in [-0.1, -0.05) is 17.7 Å². The van der Waals surface area contributed by atoms with Crippen molar-refractivity contribution >= 4 is 23.2 Å². The predicted molar refractivity (Wildman–Crippen MR) is 101 cm³/mol. The van der Waals surface area contributed by atoms with E-state index in [9.17, 15) is 18.0 Å². The van der Waals surface area contributed by atoms with E-state index in [1.54, 1.807) is 31.2 Å². The van der Waals surface area contributed by atoms with Gasteiger partial charge in [-0.05, 0) is 48.4 Å². The summed E-state index contributed by atoms with van der Waals surface area (Å²) < 4.78 is 42.6. The number of hydrogen-bond donors (Lipinski definition) is 1. The number of benzene rings is 1. The zero-order valence-corrected chi connectivity index (χ0v) is 15.8. The molecule has 0 atom stereocenters. The summed E-state index contributed by atoms with van der Waals surface area (Å²) in [5.74, 6) is -0.761. The molecule has 10 heteroatoms. The molecule has 0 bridgehead atoms. The van der Waals surface area contributed by atoms with E-state index < -0.39 is 18.7 Å². The molecule has 0 radical (unpaired) electrons. The number of rotatable bonds is 5. The SMILES string of the molecule is Cc1cc(-c2cc(NC(=O)c3cccnn3)cnc2OCC(F)(F)F)ccc1Cl. The molecule has 0 aliphatic heterocycles. The number of ether oxygens (including phenoxy) is 1. The third-order valence-electron chi connectivity index (χ3n) is 3.76. The Morgan fingerprint density at radius 1 is 1.24 bits per heavy atom. The van der Waals surface area contributed by atoms with Crippen LogP contribution in [0.5, 0.6) is 5.88 Å². The third kappa shape index (κ3) is 5.41. The number of nitrogens with one attached hydrogen (secondary N) is 1. The first-order chi connectivity index (χ1) is 13.7. The number of carbonyl (C=O) groups is 1. The minimum Gasteiger partial charge on any atom is -0.468 e. The molecule has 6 nitrogen and oxygen atoms in total. The Morgan fingerprint density at radius 2 is 2.03 bits per heavy atom. The fraction of sp³-hybridized carbons (Fsp3) is 0.158. The highest BCUT2D eigenvalue weighted by atomic mass is 35.5. The van der Waals surface area contributed by atoms with Crippen molar-refractivity contribution in [1.29, 1.82) is 0 Å². The minimum absolute atomic E-state index is 0.0776. The van der Waals surface area contributed by atoms with Crippen LogP contribution >= 0.6 is 11.6 Å². The second-order valence-corrected chi connectivity index (χ2v) is 6.41. The fourth-order valence-electron chi connectivity index (χ4n) is 2.42. The standard InChI is InChI=1S/C19H14ClF3N4O2/c1-11-7-12(4-5-15(11)20)14-8-13(9-24-18(14)29-10-19(21,22)23)26-17(28)16-3-2-6-25-27-16/h2-9H,10H2,1H3,(H,26,28). The van der Waals surface area contributed by atoms with E-state index in [1.807, 2.05) is 0 Å². The lowest BCUT2D eigenvalue weighted by molar-refractivity contribution is -0.154. The number of carbonyl (C=O) groups excluding carboxylic acids is 1. The van der Waals surface area contributed by atoms with E-state index >= 15 is 0 Å². The van der Waals surface area contributed by atoms with E-state index in [4.69, 9.17) is 16.3 Å². The van der Waals surface area contributed by atoms with E-state index in [1.165, 1.54) is 24.5 Å². The molecule has 0 aliphatic carbocycles. The molecule has 0 fully saturated rings. The monoisotopic (exact) mass is 422 g/mol. The number of hydrogen-bond acceptors (Lipinski definition) is 5. The van der Waals surface area contributed by atoms with Gasteiger partial charge in [-0.2, -0.15) is 18.3 Å². The molecule has 2 aromatic heterocycles. The van der Waals surface area contributed by atoms with Gasteiger partial charge in [0.2, 0.25) is 5.88 Å². The molecule has 0 aliphatic rings. The van der Waals surface area contributed by atoms with Crippen LogP contribution in [0.25, 0.3) is 11.1 Å². The molecule has 0 spiro atoms. The summed E-state index contributed by atoms with van der Waals surface area (Å²) in [7, 11) is 0. The molecule has 0 saturated heterocycles. The van der Waals surface area contributed by atoms with Crippen molar-refractivity contribution in [3.05, 3.63) is 65.1 Å². The predicted octanol–water partition coefficient (Wildman–Crippen LogP) is 4.69. The molecule has 29 heavy (non-hydrogen) atoms. The van der Waals surface area contributed by atoms with Gasteiger partial charge in [0.1, 0.15) is 0 Å². The van der Waals surface area contributed by atoms with Gasteiger partial charge in [0.05, 0.1) is 11.9 Å². The van der Waals surface area contributed by atoms with Crippen molar-refractivity contribution in [2.24, 2.45) is 0 Å². The van der Waals surface area contributed by atoms with Crippen LogP contribution in [0.15, 0.2) is 48.8 Å². The van der Waals surface area contributed by atoms with Crippen molar-refractivity contribution in [3.8, 4) is 17.0 Å². The zero-order chi connectivity index (χ0) is 21.0. The number of alkyl halides is 3. The Bertz CT molecular complexity index is 1030. The van der Waals surface area contributed by atoms with Crippen molar-refractivity contribution in [2.75, 3.05) is 11.9 Å². The van der Waals surface area contributed by atoms with Crippen LogP contribution in [0.3, 0.4) is 0 Å². The number of pyridine rings is 1. The second kappa shape index (κ2) is 8.44. The molecular weight excluding hydrogens is 409 g/mol.